The number of nitrogens with zero attached hydrogens (tertiary/aromatic N) is 3. The van der Waals surface area contributed by atoms with Gasteiger partial charge in [0.1, 0.15) is 17.2 Å². The van der Waals surface area contributed by atoms with Crippen molar-refractivity contribution in [1.29, 1.82) is 5.26 Å². The number of rotatable bonds is 2. The normalized spacial score (nSPS) is 9.50. The van der Waals surface area contributed by atoms with Gasteiger partial charge in [-0.3, -0.25) is 0 Å². The van der Waals surface area contributed by atoms with Crippen LogP contribution in [0.4, 0.5) is 0 Å². The molecule has 0 spiro atoms. The minimum atomic E-state index is 0.318. The number of nitriles is 1. The lowest BCUT2D eigenvalue weighted by Crippen LogP contribution is -1.88. The third-order valence-corrected chi connectivity index (χ3v) is 2.02. The van der Waals surface area contributed by atoms with Gasteiger partial charge in [0.05, 0.1) is 11.6 Å². The minimum absolute atomic E-state index is 0.318. The molecule has 2 aromatic rings. The molecule has 0 aliphatic rings. The molecule has 0 bridgehead atoms. The Labute approximate surface area is 97.1 Å². The molecule has 0 fully saturated rings. The summed E-state index contributed by atoms with van der Waals surface area (Å²) in [5.74, 6) is 0.957. The Balaban J connectivity index is 2.18. The summed E-state index contributed by atoms with van der Waals surface area (Å²) in [6, 6.07) is 10.2. The number of halogens is 1. The van der Waals surface area contributed by atoms with Crippen LogP contribution in [0.5, 0.6) is 11.6 Å². The van der Waals surface area contributed by atoms with Crippen LogP contribution in [0.25, 0.3) is 0 Å². The molecule has 0 atom stereocenters. The summed E-state index contributed by atoms with van der Waals surface area (Å²) >= 11 is 5.68. The quantitative estimate of drug-likeness (QED) is 0.746. The Bertz CT molecular complexity index is 534. The molecule has 0 aliphatic carbocycles. The lowest BCUT2D eigenvalue weighted by atomic mass is 10.2. The van der Waals surface area contributed by atoms with E-state index < -0.39 is 0 Å². The second kappa shape index (κ2) is 4.60. The van der Waals surface area contributed by atoms with Gasteiger partial charge in [0.25, 0.3) is 0 Å². The molecule has 2 rings (SSSR count). The first-order valence-corrected chi connectivity index (χ1v) is 4.81. The molecule has 0 unspecified atom stereocenters. The van der Waals surface area contributed by atoms with Crippen molar-refractivity contribution in [3.05, 3.63) is 47.4 Å². The molecule has 0 amide bonds. The average molecular weight is 232 g/mol. The Morgan fingerprint density at radius 1 is 1.19 bits per heavy atom. The molecule has 0 saturated heterocycles. The average Bonchev–Trinajstić information content (AvgIpc) is 2.30. The van der Waals surface area contributed by atoms with Crippen molar-refractivity contribution in [3.63, 3.8) is 0 Å². The van der Waals surface area contributed by atoms with Crippen LogP contribution in [0.1, 0.15) is 5.56 Å². The second-order valence-electron chi connectivity index (χ2n) is 2.92. The van der Waals surface area contributed by atoms with Gasteiger partial charge in [-0.1, -0.05) is 11.6 Å². The number of benzene rings is 1. The van der Waals surface area contributed by atoms with Gasteiger partial charge in [-0.15, -0.1) is 0 Å². The summed E-state index contributed by atoms with van der Waals surface area (Å²) in [5.41, 5.74) is 0.577. The van der Waals surface area contributed by atoms with E-state index in [-0.39, 0.29) is 0 Å². The summed E-state index contributed by atoms with van der Waals surface area (Å²) in [4.78, 5) is 7.63. The van der Waals surface area contributed by atoms with Gasteiger partial charge in [-0.2, -0.15) is 5.26 Å². The van der Waals surface area contributed by atoms with E-state index in [1.54, 1.807) is 24.3 Å². The maximum absolute atomic E-state index is 8.63. The number of hydrogen-bond donors (Lipinski definition) is 0. The zero-order chi connectivity index (χ0) is 11.4. The van der Waals surface area contributed by atoms with Gasteiger partial charge in [-0.05, 0) is 24.3 Å². The van der Waals surface area contributed by atoms with Crippen LogP contribution in [0.15, 0.2) is 36.7 Å². The second-order valence-corrected chi connectivity index (χ2v) is 3.30. The summed E-state index contributed by atoms with van der Waals surface area (Å²) in [6.45, 7) is 0. The van der Waals surface area contributed by atoms with E-state index in [4.69, 9.17) is 21.6 Å². The van der Waals surface area contributed by atoms with Crippen molar-refractivity contribution in [2.45, 2.75) is 0 Å². The molecule has 1 aromatic carbocycles. The third kappa shape index (κ3) is 2.47. The predicted molar refractivity (Wildman–Crippen MR) is 58.3 cm³/mol. The summed E-state index contributed by atoms with van der Waals surface area (Å²) in [6.07, 6.45) is 1.32. The molecule has 16 heavy (non-hydrogen) atoms. The van der Waals surface area contributed by atoms with Gasteiger partial charge < -0.3 is 4.74 Å². The highest BCUT2D eigenvalue weighted by Crippen LogP contribution is 2.20. The highest BCUT2D eigenvalue weighted by atomic mass is 35.5. The predicted octanol–water partition coefficient (Wildman–Crippen LogP) is 2.79. The molecular formula is C11H6ClN3O. The van der Waals surface area contributed by atoms with E-state index >= 15 is 0 Å². The lowest BCUT2D eigenvalue weighted by molar-refractivity contribution is 0.461. The highest BCUT2D eigenvalue weighted by molar-refractivity contribution is 6.29. The van der Waals surface area contributed by atoms with Crippen molar-refractivity contribution < 1.29 is 4.74 Å². The van der Waals surface area contributed by atoms with Crippen LogP contribution in [-0.4, -0.2) is 9.97 Å². The topological polar surface area (TPSA) is 58.8 Å². The van der Waals surface area contributed by atoms with Crippen LogP contribution in [-0.2, 0) is 0 Å². The lowest BCUT2D eigenvalue weighted by Gasteiger charge is -2.03. The monoisotopic (exact) mass is 231 g/mol. The van der Waals surface area contributed by atoms with E-state index in [1.165, 1.54) is 12.4 Å². The molecule has 78 valence electrons. The van der Waals surface area contributed by atoms with Gasteiger partial charge in [-0.25, -0.2) is 9.97 Å². The van der Waals surface area contributed by atoms with E-state index in [1.807, 2.05) is 6.07 Å². The molecule has 5 heteroatoms. The molecule has 0 saturated carbocycles. The van der Waals surface area contributed by atoms with Crippen LogP contribution in [0.3, 0.4) is 0 Å². The van der Waals surface area contributed by atoms with Crippen LogP contribution in [0.2, 0.25) is 5.15 Å². The summed E-state index contributed by atoms with van der Waals surface area (Å²) in [5, 5.41) is 8.94. The largest absolute Gasteiger partial charge is 0.439 e. The van der Waals surface area contributed by atoms with Crippen LogP contribution >= 0.6 is 11.6 Å². The third-order valence-electron chi connectivity index (χ3n) is 1.81. The molecule has 4 nitrogen and oxygen atoms in total. The fourth-order valence-electron chi connectivity index (χ4n) is 1.09. The Morgan fingerprint density at radius 3 is 2.56 bits per heavy atom. The van der Waals surface area contributed by atoms with Gasteiger partial charge >= 0.3 is 0 Å². The molecule has 1 heterocycles. The molecular weight excluding hydrogens is 226 g/mol. The SMILES string of the molecule is N#Cc1ccc(Oc2cc(Cl)ncn2)cc1. The molecule has 1 aromatic heterocycles. The first-order valence-electron chi connectivity index (χ1n) is 4.43. The standard InChI is InChI=1S/C11H6ClN3O/c12-10-5-11(15-7-14-10)16-9-3-1-8(6-13)2-4-9/h1-5,7H. The first-order chi connectivity index (χ1) is 7.78. The van der Waals surface area contributed by atoms with E-state index in [2.05, 4.69) is 9.97 Å². The van der Waals surface area contributed by atoms with Crippen molar-refractivity contribution in [2.24, 2.45) is 0 Å². The van der Waals surface area contributed by atoms with Gasteiger partial charge in [0.2, 0.25) is 5.88 Å². The van der Waals surface area contributed by atoms with Crippen molar-refractivity contribution >= 4 is 11.6 Å². The highest BCUT2D eigenvalue weighted by Gasteiger charge is 2.00. The Morgan fingerprint density at radius 2 is 1.94 bits per heavy atom. The number of hydrogen-bond acceptors (Lipinski definition) is 4. The van der Waals surface area contributed by atoms with Crippen LogP contribution in [0, 0.1) is 11.3 Å². The minimum Gasteiger partial charge on any atom is -0.439 e. The number of ether oxygens (including phenoxy) is 1. The zero-order valence-electron chi connectivity index (χ0n) is 8.09. The molecule has 0 aliphatic heterocycles. The number of aromatic nitrogens is 2. The molecule has 0 N–H and O–H groups in total. The van der Waals surface area contributed by atoms with E-state index in [0.717, 1.165) is 0 Å². The van der Waals surface area contributed by atoms with Crippen molar-refractivity contribution in [2.75, 3.05) is 0 Å². The first kappa shape index (κ1) is 10.4. The fourth-order valence-corrected chi connectivity index (χ4v) is 1.23. The van der Waals surface area contributed by atoms with Crippen molar-refractivity contribution in [3.8, 4) is 17.7 Å². The van der Waals surface area contributed by atoms with Crippen LogP contribution < -0.4 is 4.74 Å². The Hall–Kier alpha value is -2.12. The summed E-state index contributed by atoms with van der Waals surface area (Å²) in [7, 11) is 0. The maximum atomic E-state index is 8.63. The van der Waals surface area contributed by atoms with Gasteiger partial charge in [0.15, 0.2) is 0 Å². The van der Waals surface area contributed by atoms with Crippen molar-refractivity contribution in [1.82, 2.24) is 9.97 Å². The zero-order valence-corrected chi connectivity index (χ0v) is 8.85. The molecule has 0 radical (unpaired) electrons. The van der Waals surface area contributed by atoms with Gasteiger partial charge in [0, 0.05) is 6.07 Å². The Kier molecular flexibility index (Phi) is 2.99. The maximum Gasteiger partial charge on any atom is 0.223 e. The van der Waals surface area contributed by atoms with E-state index in [9.17, 15) is 0 Å². The smallest absolute Gasteiger partial charge is 0.223 e. The fraction of sp³-hybridized carbons (Fsp3) is 0. The van der Waals surface area contributed by atoms with E-state index in [0.29, 0.717) is 22.3 Å². The summed E-state index contributed by atoms with van der Waals surface area (Å²) < 4.78 is 5.41.